The molecule has 0 radical (unpaired) electrons. The van der Waals surface area contributed by atoms with Crippen molar-refractivity contribution in [1.29, 1.82) is 0 Å². The third-order valence-electron chi connectivity index (χ3n) is 5.31. The Morgan fingerprint density at radius 1 is 0.970 bits per heavy atom. The van der Waals surface area contributed by atoms with E-state index in [4.69, 9.17) is 9.47 Å². The van der Waals surface area contributed by atoms with E-state index in [0.29, 0.717) is 28.1 Å². The van der Waals surface area contributed by atoms with Gasteiger partial charge in [-0.2, -0.15) is 0 Å². The van der Waals surface area contributed by atoms with Crippen molar-refractivity contribution < 1.29 is 23.5 Å². The van der Waals surface area contributed by atoms with Gasteiger partial charge in [-0.1, -0.05) is 12.1 Å². The number of ether oxygens (including phenoxy) is 2. The summed E-state index contributed by atoms with van der Waals surface area (Å²) < 4.78 is 25.4. The lowest BCUT2D eigenvalue weighted by Crippen LogP contribution is -2.24. The predicted molar refractivity (Wildman–Crippen MR) is 119 cm³/mol. The Kier molecular flexibility index (Phi) is 5.10. The molecule has 164 valence electrons. The van der Waals surface area contributed by atoms with Crippen molar-refractivity contribution in [3.05, 3.63) is 100 Å². The molecule has 7 nitrogen and oxygen atoms in total. The number of halogens is 1. The molecule has 0 spiro atoms. The van der Waals surface area contributed by atoms with Crippen molar-refractivity contribution in [3.8, 4) is 11.5 Å². The predicted octanol–water partition coefficient (Wildman–Crippen LogP) is 3.74. The van der Waals surface area contributed by atoms with Gasteiger partial charge in [0.1, 0.15) is 12.4 Å². The number of amides is 1. The second-order valence-electron chi connectivity index (χ2n) is 7.47. The summed E-state index contributed by atoms with van der Waals surface area (Å²) in [5.41, 5.74) is 0.667. The van der Waals surface area contributed by atoms with E-state index in [0.717, 1.165) is 12.1 Å². The maximum Gasteiger partial charge on any atom is 0.244 e. The largest absolute Gasteiger partial charge is 0.454 e. The lowest BCUT2D eigenvalue weighted by Gasteiger charge is -2.13. The van der Waals surface area contributed by atoms with Gasteiger partial charge in [0.25, 0.3) is 0 Å². The monoisotopic (exact) mass is 444 g/mol. The standard InChI is InChI=1S/C25H17FN2O5/c26-16-7-5-15(6-8-16)24(30)19-12-28(20-4-2-1-3-18(20)25(19)31)13-23(29)27-17-9-10-21-22(11-17)33-14-32-21/h1-12H,13-14H2,(H,27,29). The van der Waals surface area contributed by atoms with Crippen LogP contribution in [0.3, 0.4) is 0 Å². The van der Waals surface area contributed by atoms with E-state index in [2.05, 4.69) is 5.32 Å². The van der Waals surface area contributed by atoms with Crippen LogP contribution in [-0.2, 0) is 11.3 Å². The molecule has 1 aromatic heterocycles. The van der Waals surface area contributed by atoms with Crippen LogP contribution in [0.15, 0.2) is 77.7 Å². The number of benzene rings is 3. The lowest BCUT2D eigenvalue weighted by atomic mass is 10.0. The number of rotatable bonds is 5. The van der Waals surface area contributed by atoms with Crippen LogP contribution in [0.4, 0.5) is 10.1 Å². The van der Waals surface area contributed by atoms with Gasteiger partial charge in [0.05, 0.1) is 11.1 Å². The lowest BCUT2D eigenvalue weighted by molar-refractivity contribution is -0.116. The molecule has 0 saturated heterocycles. The molecule has 0 aliphatic carbocycles. The first kappa shape index (κ1) is 20.4. The third kappa shape index (κ3) is 3.94. The van der Waals surface area contributed by atoms with E-state index in [1.165, 1.54) is 18.3 Å². The highest BCUT2D eigenvalue weighted by Crippen LogP contribution is 2.34. The molecule has 4 aromatic rings. The molecule has 1 N–H and O–H groups in total. The zero-order valence-corrected chi connectivity index (χ0v) is 17.2. The van der Waals surface area contributed by atoms with Crippen LogP contribution in [0.5, 0.6) is 11.5 Å². The molecule has 1 aliphatic heterocycles. The summed E-state index contributed by atoms with van der Waals surface area (Å²) in [5, 5.41) is 3.09. The SMILES string of the molecule is O=C(Cn1cc(C(=O)c2ccc(F)cc2)c(=O)c2ccccc21)Nc1ccc2c(c1)OCO2. The summed E-state index contributed by atoms with van der Waals surface area (Å²) in [6, 6.07) is 16.8. The fourth-order valence-electron chi connectivity index (χ4n) is 3.72. The molecule has 2 heterocycles. The normalized spacial score (nSPS) is 12.0. The molecular formula is C25H17FN2O5. The first-order chi connectivity index (χ1) is 16.0. The highest BCUT2D eigenvalue weighted by Gasteiger charge is 2.19. The van der Waals surface area contributed by atoms with E-state index in [-0.39, 0.29) is 30.4 Å². The number of nitrogens with one attached hydrogen (secondary N) is 1. The van der Waals surface area contributed by atoms with Gasteiger partial charge >= 0.3 is 0 Å². The Hall–Kier alpha value is -4.46. The van der Waals surface area contributed by atoms with Gasteiger partial charge in [0.2, 0.25) is 18.1 Å². The van der Waals surface area contributed by atoms with Crippen molar-refractivity contribution >= 4 is 28.3 Å². The van der Waals surface area contributed by atoms with Crippen LogP contribution < -0.4 is 20.2 Å². The maximum atomic E-state index is 13.3. The zero-order chi connectivity index (χ0) is 22.9. The summed E-state index contributed by atoms with van der Waals surface area (Å²) in [5.74, 6) is -0.252. The minimum Gasteiger partial charge on any atom is -0.454 e. The number of carbonyl (C=O) groups excluding carboxylic acids is 2. The number of ketones is 1. The van der Waals surface area contributed by atoms with E-state index in [1.54, 1.807) is 47.0 Å². The smallest absolute Gasteiger partial charge is 0.244 e. The van der Waals surface area contributed by atoms with Gasteiger partial charge in [0.15, 0.2) is 17.3 Å². The van der Waals surface area contributed by atoms with Crippen molar-refractivity contribution in [2.45, 2.75) is 6.54 Å². The fraction of sp³-hybridized carbons (Fsp3) is 0.0800. The van der Waals surface area contributed by atoms with E-state index in [1.807, 2.05) is 0 Å². The van der Waals surface area contributed by atoms with Gasteiger partial charge in [-0.3, -0.25) is 14.4 Å². The Balaban J connectivity index is 1.49. The van der Waals surface area contributed by atoms with Crippen LogP contribution in [0, 0.1) is 5.82 Å². The highest BCUT2D eigenvalue weighted by molar-refractivity contribution is 6.10. The molecule has 0 unspecified atom stereocenters. The Bertz CT molecular complexity index is 1460. The Morgan fingerprint density at radius 2 is 1.73 bits per heavy atom. The fourth-order valence-corrected chi connectivity index (χ4v) is 3.72. The van der Waals surface area contributed by atoms with Gasteiger partial charge in [0, 0.05) is 28.9 Å². The summed E-state index contributed by atoms with van der Waals surface area (Å²) in [7, 11) is 0. The third-order valence-corrected chi connectivity index (χ3v) is 5.31. The van der Waals surface area contributed by atoms with Crippen molar-refractivity contribution in [2.24, 2.45) is 0 Å². The molecule has 8 heteroatoms. The van der Waals surface area contributed by atoms with Gasteiger partial charge < -0.3 is 19.4 Å². The molecule has 0 atom stereocenters. The molecule has 3 aromatic carbocycles. The molecule has 33 heavy (non-hydrogen) atoms. The minimum atomic E-state index is -0.546. The van der Waals surface area contributed by atoms with Crippen LogP contribution in [0.2, 0.25) is 0 Å². The van der Waals surface area contributed by atoms with E-state index >= 15 is 0 Å². The number of pyridine rings is 1. The number of nitrogens with zero attached hydrogens (tertiary/aromatic N) is 1. The Morgan fingerprint density at radius 3 is 2.55 bits per heavy atom. The quantitative estimate of drug-likeness (QED) is 0.474. The van der Waals surface area contributed by atoms with Crippen molar-refractivity contribution in [2.75, 3.05) is 12.1 Å². The highest BCUT2D eigenvalue weighted by atomic mass is 19.1. The van der Waals surface area contributed by atoms with Crippen LogP contribution >= 0.6 is 0 Å². The minimum absolute atomic E-state index is 0.101. The van der Waals surface area contributed by atoms with Gasteiger partial charge in [-0.15, -0.1) is 0 Å². The van der Waals surface area contributed by atoms with Gasteiger partial charge in [-0.05, 0) is 48.5 Å². The maximum absolute atomic E-state index is 13.3. The molecule has 5 rings (SSSR count). The Labute approximate surface area is 187 Å². The summed E-state index contributed by atoms with van der Waals surface area (Å²) in [4.78, 5) is 38.8. The summed E-state index contributed by atoms with van der Waals surface area (Å²) in [6.07, 6.45) is 1.37. The molecule has 1 amide bonds. The first-order valence-corrected chi connectivity index (χ1v) is 10.1. The second-order valence-corrected chi connectivity index (χ2v) is 7.47. The number of carbonyl (C=O) groups is 2. The topological polar surface area (TPSA) is 86.6 Å². The molecule has 1 aliphatic rings. The number of hydrogen-bond donors (Lipinski definition) is 1. The average molecular weight is 444 g/mol. The average Bonchev–Trinajstić information content (AvgIpc) is 3.29. The summed E-state index contributed by atoms with van der Waals surface area (Å²) in [6.45, 7) is -0.0140. The molecular weight excluding hydrogens is 427 g/mol. The number of hydrogen-bond acceptors (Lipinski definition) is 5. The zero-order valence-electron chi connectivity index (χ0n) is 17.2. The number of anilines is 1. The van der Waals surface area contributed by atoms with E-state index < -0.39 is 17.0 Å². The molecule has 0 bridgehead atoms. The van der Waals surface area contributed by atoms with Crippen molar-refractivity contribution in [1.82, 2.24) is 4.57 Å². The number of fused-ring (bicyclic) bond motifs is 2. The van der Waals surface area contributed by atoms with Gasteiger partial charge in [-0.25, -0.2) is 4.39 Å². The first-order valence-electron chi connectivity index (χ1n) is 10.1. The molecule has 0 saturated carbocycles. The summed E-state index contributed by atoms with van der Waals surface area (Å²) >= 11 is 0. The number of para-hydroxylation sites is 1. The van der Waals surface area contributed by atoms with Crippen LogP contribution in [0.25, 0.3) is 10.9 Å². The van der Waals surface area contributed by atoms with Crippen LogP contribution in [-0.4, -0.2) is 23.1 Å². The van der Waals surface area contributed by atoms with Crippen molar-refractivity contribution in [3.63, 3.8) is 0 Å². The van der Waals surface area contributed by atoms with E-state index in [9.17, 15) is 18.8 Å². The second kappa shape index (κ2) is 8.23. The van der Waals surface area contributed by atoms with Crippen LogP contribution in [0.1, 0.15) is 15.9 Å². The molecule has 0 fully saturated rings. The number of aromatic nitrogens is 1.